The molecule has 3 rings (SSSR count). The molecule has 1 aromatic carbocycles. The van der Waals surface area contributed by atoms with Gasteiger partial charge < -0.3 is 14.8 Å². The number of aromatic nitrogens is 2. The van der Waals surface area contributed by atoms with Gasteiger partial charge >= 0.3 is 0 Å². The van der Waals surface area contributed by atoms with Gasteiger partial charge in [0.2, 0.25) is 0 Å². The van der Waals surface area contributed by atoms with Gasteiger partial charge in [-0.3, -0.25) is 5.10 Å². The van der Waals surface area contributed by atoms with E-state index < -0.39 is 0 Å². The van der Waals surface area contributed by atoms with Crippen LogP contribution in [0.1, 0.15) is 23.7 Å². The maximum Gasteiger partial charge on any atom is 0.123 e. The lowest BCUT2D eigenvalue weighted by Gasteiger charge is -2.11. The zero-order valence-corrected chi connectivity index (χ0v) is 11.8. The fraction of sp³-hybridized carbons (Fsp3) is 0.400. The molecule has 0 saturated carbocycles. The fourth-order valence-electron chi connectivity index (χ4n) is 2.52. The molecule has 1 aromatic heterocycles. The Balaban J connectivity index is 1.70. The third-order valence-corrected chi connectivity index (χ3v) is 3.49. The lowest BCUT2D eigenvalue weighted by molar-refractivity contribution is 0.254. The number of rotatable bonds is 5. The SMILES string of the molecule is COc1cc2c(cc1CNCc1ccn[nH]1)O[C@H](C)C2. The second-order valence-corrected chi connectivity index (χ2v) is 5.09. The molecule has 0 unspecified atom stereocenters. The summed E-state index contributed by atoms with van der Waals surface area (Å²) in [6.45, 7) is 3.56. The van der Waals surface area contributed by atoms with E-state index in [1.165, 1.54) is 5.56 Å². The van der Waals surface area contributed by atoms with Gasteiger partial charge in [0, 0.05) is 42.5 Å². The topological polar surface area (TPSA) is 59.2 Å². The van der Waals surface area contributed by atoms with Crippen molar-refractivity contribution in [3.05, 3.63) is 41.2 Å². The largest absolute Gasteiger partial charge is 0.496 e. The molecular formula is C15H19N3O2. The average molecular weight is 273 g/mol. The molecule has 0 fully saturated rings. The van der Waals surface area contributed by atoms with Crippen molar-refractivity contribution in [2.75, 3.05) is 7.11 Å². The molecule has 0 saturated heterocycles. The Kier molecular flexibility index (Phi) is 3.60. The van der Waals surface area contributed by atoms with Crippen LogP contribution in [-0.2, 0) is 19.5 Å². The number of methoxy groups -OCH3 is 1. The number of benzene rings is 1. The second-order valence-electron chi connectivity index (χ2n) is 5.09. The Hall–Kier alpha value is -2.01. The summed E-state index contributed by atoms with van der Waals surface area (Å²) in [6, 6.07) is 6.13. The predicted octanol–water partition coefficient (Wildman–Crippen LogP) is 2.03. The summed E-state index contributed by atoms with van der Waals surface area (Å²) in [4.78, 5) is 0. The first-order valence-electron chi connectivity index (χ1n) is 6.81. The monoisotopic (exact) mass is 273 g/mol. The van der Waals surface area contributed by atoms with E-state index in [9.17, 15) is 0 Å². The van der Waals surface area contributed by atoms with Gasteiger partial charge in [0.1, 0.15) is 17.6 Å². The highest BCUT2D eigenvalue weighted by molar-refractivity contribution is 5.48. The first kappa shape index (κ1) is 13.0. The summed E-state index contributed by atoms with van der Waals surface area (Å²) in [6.07, 6.45) is 2.96. The maximum absolute atomic E-state index is 5.80. The van der Waals surface area contributed by atoms with Crippen LogP contribution in [0, 0.1) is 0 Å². The highest BCUT2D eigenvalue weighted by Crippen LogP contribution is 2.34. The number of aromatic amines is 1. The molecule has 2 N–H and O–H groups in total. The van der Waals surface area contributed by atoms with E-state index in [0.717, 1.165) is 42.3 Å². The Morgan fingerprint density at radius 1 is 1.45 bits per heavy atom. The molecule has 0 bridgehead atoms. The normalized spacial score (nSPS) is 16.8. The maximum atomic E-state index is 5.80. The van der Waals surface area contributed by atoms with E-state index in [0.29, 0.717) is 0 Å². The third kappa shape index (κ3) is 2.63. The van der Waals surface area contributed by atoms with E-state index in [1.807, 2.05) is 6.07 Å². The fourth-order valence-corrected chi connectivity index (χ4v) is 2.52. The molecule has 0 amide bonds. The van der Waals surface area contributed by atoms with Crippen LogP contribution in [0.4, 0.5) is 0 Å². The molecule has 0 spiro atoms. The van der Waals surface area contributed by atoms with Crippen LogP contribution in [0.2, 0.25) is 0 Å². The van der Waals surface area contributed by atoms with Crippen LogP contribution in [0.5, 0.6) is 11.5 Å². The summed E-state index contributed by atoms with van der Waals surface area (Å²) in [5, 5.41) is 10.2. The van der Waals surface area contributed by atoms with Crippen molar-refractivity contribution in [1.29, 1.82) is 0 Å². The van der Waals surface area contributed by atoms with Gasteiger partial charge in [-0.05, 0) is 25.1 Å². The second kappa shape index (κ2) is 5.54. The summed E-state index contributed by atoms with van der Waals surface area (Å²) in [7, 11) is 1.71. The molecule has 20 heavy (non-hydrogen) atoms. The van der Waals surface area contributed by atoms with Gasteiger partial charge in [0.15, 0.2) is 0 Å². The Morgan fingerprint density at radius 3 is 3.10 bits per heavy atom. The van der Waals surface area contributed by atoms with Crippen LogP contribution < -0.4 is 14.8 Å². The molecular weight excluding hydrogens is 254 g/mol. The van der Waals surface area contributed by atoms with Crippen LogP contribution in [0.15, 0.2) is 24.4 Å². The van der Waals surface area contributed by atoms with Crippen molar-refractivity contribution in [2.24, 2.45) is 0 Å². The van der Waals surface area contributed by atoms with Crippen molar-refractivity contribution in [2.45, 2.75) is 32.5 Å². The molecule has 0 radical (unpaired) electrons. The number of hydrogen-bond acceptors (Lipinski definition) is 4. The van der Waals surface area contributed by atoms with E-state index in [1.54, 1.807) is 13.3 Å². The zero-order valence-electron chi connectivity index (χ0n) is 11.8. The van der Waals surface area contributed by atoms with Crippen molar-refractivity contribution < 1.29 is 9.47 Å². The lowest BCUT2D eigenvalue weighted by atomic mass is 10.1. The first-order valence-corrected chi connectivity index (χ1v) is 6.81. The summed E-state index contributed by atoms with van der Waals surface area (Å²) in [5.41, 5.74) is 3.40. The molecule has 2 aromatic rings. The molecule has 0 aliphatic carbocycles. The summed E-state index contributed by atoms with van der Waals surface area (Å²) < 4.78 is 11.3. The smallest absolute Gasteiger partial charge is 0.123 e. The van der Waals surface area contributed by atoms with Gasteiger partial charge in [-0.1, -0.05) is 0 Å². The lowest BCUT2D eigenvalue weighted by Crippen LogP contribution is -2.13. The molecule has 1 aliphatic heterocycles. The van der Waals surface area contributed by atoms with Crippen molar-refractivity contribution in [1.82, 2.24) is 15.5 Å². The van der Waals surface area contributed by atoms with E-state index in [4.69, 9.17) is 9.47 Å². The number of ether oxygens (including phenoxy) is 2. The van der Waals surface area contributed by atoms with E-state index >= 15 is 0 Å². The minimum atomic E-state index is 0.253. The van der Waals surface area contributed by atoms with E-state index in [2.05, 4.69) is 34.6 Å². The highest BCUT2D eigenvalue weighted by atomic mass is 16.5. The predicted molar refractivity (Wildman–Crippen MR) is 75.9 cm³/mol. The minimum absolute atomic E-state index is 0.253. The van der Waals surface area contributed by atoms with Gasteiger partial charge in [0.05, 0.1) is 7.11 Å². The molecule has 5 heteroatoms. The van der Waals surface area contributed by atoms with E-state index in [-0.39, 0.29) is 6.10 Å². The van der Waals surface area contributed by atoms with Gasteiger partial charge in [-0.25, -0.2) is 0 Å². The molecule has 1 atom stereocenters. The summed E-state index contributed by atoms with van der Waals surface area (Å²) >= 11 is 0. The number of nitrogens with zero attached hydrogens (tertiary/aromatic N) is 1. The molecule has 106 valence electrons. The molecule has 2 heterocycles. The number of H-pyrrole nitrogens is 1. The summed E-state index contributed by atoms with van der Waals surface area (Å²) in [5.74, 6) is 1.90. The number of hydrogen-bond donors (Lipinski definition) is 2. The number of nitrogens with one attached hydrogen (secondary N) is 2. The van der Waals surface area contributed by atoms with Crippen LogP contribution in [0.25, 0.3) is 0 Å². The van der Waals surface area contributed by atoms with Crippen molar-refractivity contribution in [3.8, 4) is 11.5 Å². The van der Waals surface area contributed by atoms with Gasteiger partial charge in [-0.15, -0.1) is 0 Å². The third-order valence-electron chi connectivity index (χ3n) is 3.49. The standard InChI is InChI=1S/C15H19N3O2/c1-10-5-11-6-14(19-2)12(7-15(11)20-10)8-16-9-13-3-4-17-18-13/h3-4,6-7,10,16H,5,8-9H2,1-2H3,(H,17,18)/t10-/m1/s1. The quantitative estimate of drug-likeness (QED) is 0.875. The Bertz CT molecular complexity index is 581. The van der Waals surface area contributed by atoms with Crippen LogP contribution >= 0.6 is 0 Å². The first-order chi connectivity index (χ1) is 9.76. The van der Waals surface area contributed by atoms with Crippen LogP contribution in [0.3, 0.4) is 0 Å². The average Bonchev–Trinajstić information content (AvgIpc) is 3.05. The highest BCUT2D eigenvalue weighted by Gasteiger charge is 2.21. The zero-order chi connectivity index (χ0) is 13.9. The Morgan fingerprint density at radius 2 is 2.35 bits per heavy atom. The molecule has 5 nitrogen and oxygen atoms in total. The Labute approximate surface area is 118 Å². The molecule has 1 aliphatic rings. The van der Waals surface area contributed by atoms with Gasteiger partial charge in [0.25, 0.3) is 0 Å². The van der Waals surface area contributed by atoms with Crippen molar-refractivity contribution in [3.63, 3.8) is 0 Å². The minimum Gasteiger partial charge on any atom is -0.496 e. The van der Waals surface area contributed by atoms with Gasteiger partial charge in [-0.2, -0.15) is 5.10 Å². The van der Waals surface area contributed by atoms with Crippen LogP contribution in [-0.4, -0.2) is 23.4 Å². The van der Waals surface area contributed by atoms with Crippen molar-refractivity contribution >= 4 is 0 Å². The number of fused-ring (bicyclic) bond motifs is 1.